The summed E-state index contributed by atoms with van der Waals surface area (Å²) >= 11 is 1.06. The van der Waals surface area contributed by atoms with Gasteiger partial charge in [-0.15, -0.1) is 0 Å². The lowest BCUT2D eigenvalue weighted by Gasteiger charge is -2.08. The molecular formula is C16H13F3N2O2S. The number of carbonyl (C=O) groups excluding carboxylic acids is 1. The standard InChI is InChI=1S/C16H13F3N2O2S/c1-8(2)12-14(23)21-13(22)11(24-15(21)20-12)7-9-3-5-10(6-4-9)16(17,18)19/h3-8,12H,1-2H3/b11-7+/t12-/m0/s1. The van der Waals surface area contributed by atoms with Crippen molar-refractivity contribution in [3.05, 3.63) is 55.1 Å². The van der Waals surface area contributed by atoms with Gasteiger partial charge < -0.3 is 0 Å². The zero-order chi connectivity index (χ0) is 17.6. The number of nitrogens with zero attached hydrogens (tertiary/aromatic N) is 2. The first-order valence-electron chi connectivity index (χ1n) is 7.21. The fourth-order valence-electron chi connectivity index (χ4n) is 2.41. The molecule has 0 spiro atoms. The molecule has 0 aliphatic carbocycles. The van der Waals surface area contributed by atoms with Gasteiger partial charge in [-0.05, 0) is 29.7 Å². The van der Waals surface area contributed by atoms with E-state index < -0.39 is 23.3 Å². The molecule has 2 heterocycles. The third kappa shape index (κ3) is 2.82. The third-order valence-electron chi connectivity index (χ3n) is 3.70. The van der Waals surface area contributed by atoms with Crippen LogP contribution in [0, 0.1) is 5.92 Å². The van der Waals surface area contributed by atoms with Crippen molar-refractivity contribution in [2.24, 2.45) is 10.9 Å². The smallest absolute Gasteiger partial charge is 0.271 e. The predicted molar refractivity (Wildman–Crippen MR) is 83.6 cm³/mol. The molecule has 1 aromatic carbocycles. The Hall–Kier alpha value is -2.22. The minimum Gasteiger partial charge on any atom is -0.271 e. The van der Waals surface area contributed by atoms with Crippen LogP contribution in [-0.2, 0) is 6.18 Å². The van der Waals surface area contributed by atoms with Gasteiger partial charge in [0.15, 0.2) is 4.80 Å². The molecule has 1 atom stereocenters. The van der Waals surface area contributed by atoms with E-state index in [9.17, 15) is 22.8 Å². The number of fused-ring (bicyclic) bond motifs is 1. The van der Waals surface area contributed by atoms with E-state index in [1.807, 2.05) is 13.8 Å². The molecule has 0 saturated heterocycles. The summed E-state index contributed by atoms with van der Waals surface area (Å²) in [5, 5.41) is 0. The monoisotopic (exact) mass is 354 g/mol. The molecule has 0 fully saturated rings. The molecule has 4 nitrogen and oxygen atoms in total. The Kier molecular flexibility index (Phi) is 3.95. The van der Waals surface area contributed by atoms with E-state index >= 15 is 0 Å². The van der Waals surface area contributed by atoms with Crippen molar-refractivity contribution < 1.29 is 18.0 Å². The van der Waals surface area contributed by atoms with Crippen molar-refractivity contribution in [1.82, 2.24) is 4.57 Å². The van der Waals surface area contributed by atoms with Crippen molar-refractivity contribution in [3.8, 4) is 0 Å². The number of hydrogen-bond donors (Lipinski definition) is 0. The lowest BCUT2D eigenvalue weighted by Crippen LogP contribution is -2.37. The fourth-order valence-corrected chi connectivity index (χ4v) is 3.42. The van der Waals surface area contributed by atoms with Crippen molar-refractivity contribution in [1.29, 1.82) is 0 Å². The highest BCUT2D eigenvalue weighted by atomic mass is 32.1. The largest absolute Gasteiger partial charge is 0.416 e. The van der Waals surface area contributed by atoms with E-state index in [2.05, 4.69) is 4.99 Å². The summed E-state index contributed by atoms with van der Waals surface area (Å²) in [6.07, 6.45) is -2.94. The highest BCUT2D eigenvalue weighted by Gasteiger charge is 2.31. The maximum Gasteiger partial charge on any atom is 0.416 e. The average molecular weight is 354 g/mol. The molecule has 0 saturated carbocycles. The summed E-state index contributed by atoms with van der Waals surface area (Å²) in [7, 11) is 0. The van der Waals surface area contributed by atoms with Gasteiger partial charge in [0.1, 0.15) is 6.04 Å². The van der Waals surface area contributed by atoms with Crippen LogP contribution in [0.1, 0.15) is 29.8 Å². The highest BCUT2D eigenvalue weighted by Crippen LogP contribution is 2.29. The predicted octanol–water partition coefficient (Wildman–Crippen LogP) is 2.06. The van der Waals surface area contributed by atoms with E-state index in [0.717, 1.165) is 28.0 Å². The van der Waals surface area contributed by atoms with Crippen LogP contribution >= 0.6 is 11.3 Å². The summed E-state index contributed by atoms with van der Waals surface area (Å²) < 4.78 is 39.0. The summed E-state index contributed by atoms with van der Waals surface area (Å²) in [5.41, 5.74) is -0.782. The molecule has 8 heteroatoms. The zero-order valence-corrected chi connectivity index (χ0v) is 13.6. The van der Waals surface area contributed by atoms with Crippen molar-refractivity contribution in [2.45, 2.75) is 26.1 Å². The Labute approximate surface area is 138 Å². The summed E-state index contributed by atoms with van der Waals surface area (Å²) in [5.74, 6) is -0.361. The number of hydrogen-bond acceptors (Lipinski definition) is 4. The number of alkyl halides is 3. The van der Waals surface area contributed by atoms with Gasteiger partial charge in [0.25, 0.3) is 11.5 Å². The number of thiazole rings is 1. The van der Waals surface area contributed by atoms with Crippen molar-refractivity contribution in [2.75, 3.05) is 0 Å². The number of aromatic nitrogens is 1. The summed E-state index contributed by atoms with van der Waals surface area (Å²) in [6.45, 7) is 3.70. The molecule has 1 aromatic heterocycles. The van der Waals surface area contributed by atoms with Gasteiger partial charge in [-0.2, -0.15) is 13.2 Å². The van der Waals surface area contributed by atoms with E-state index in [1.54, 1.807) is 0 Å². The molecule has 1 aliphatic rings. The van der Waals surface area contributed by atoms with E-state index in [-0.39, 0.29) is 16.4 Å². The molecule has 3 rings (SSSR count). The maximum absolute atomic E-state index is 12.6. The maximum atomic E-state index is 12.6. The van der Waals surface area contributed by atoms with Gasteiger partial charge in [-0.3, -0.25) is 9.59 Å². The summed E-state index contributed by atoms with van der Waals surface area (Å²) in [6, 6.07) is 3.93. The first-order valence-corrected chi connectivity index (χ1v) is 8.03. The second-order valence-electron chi connectivity index (χ2n) is 5.81. The molecule has 0 amide bonds. The lowest BCUT2D eigenvalue weighted by atomic mass is 10.1. The Morgan fingerprint density at radius 3 is 2.33 bits per heavy atom. The normalized spacial score (nSPS) is 18.2. The Bertz CT molecular complexity index is 969. The number of benzene rings is 1. The molecule has 126 valence electrons. The summed E-state index contributed by atoms with van der Waals surface area (Å²) in [4.78, 5) is 29.2. The first-order chi connectivity index (χ1) is 11.2. The Balaban J connectivity index is 2.04. The highest BCUT2D eigenvalue weighted by molar-refractivity contribution is 7.07. The van der Waals surface area contributed by atoms with Crippen molar-refractivity contribution in [3.63, 3.8) is 0 Å². The number of carbonyl (C=O) groups is 1. The quantitative estimate of drug-likeness (QED) is 0.829. The van der Waals surface area contributed by atoms with Gasteiger partial charge in [0.2, 0.25) is 0 Å². The zero-order valence-electron chi connectivity index (χ0n) is 12.8. The minimum absolute atomic E-state index is 0.00802. The van der Waals surface area contributed by atoms with Crippen molar-refractivity contribution >= 4 is 23.3 Å². The first kappa shape index (κ1) is 16.6. The lowest BCUT2D eigenvalue weighted by molar-refractivity contribution is -0.137. The third-order valence-corrected chi connectivity index (χ3v) is 4.68. The van der Waals surface area contributed by atoms with E-state index in [4.69, 9.17) is 0 Å². The van der Waals surface area contributed by atoms with E-state index in [1.165, 1.54) is 18.2 Å². The second-order valence-corrected chi connectivity index (χ2v) is 6.82. The van der Waals surface area contributed by atoms with Gasteiger partial charge in [-0.25, -0.2) is 9.56 Å². The molecule has 24 heavy (non-hydrogen) atoms. The van der Waals surface area contributed by atoms with Crippen LogP contribution in [0.4, 0.5) is 13.2 Å². The van der Waals surface area contributed by atoms with Gasteiger partial charge in [0, 0.05) is 0 Å². The van der Waals surface area contributed by atoms with Gasteiger partial charge in [0.05, 0.1) is 10.1 Å². The van der Waals surface area contributed by atoms with Crippen LogP contribution in [-0.4, -0.2) is 16.5 Å². The molecule has 0 unspecified atom stereocenters. The molecule has 0 bridgehead atoms. The molecule has 2 aromatic rings. The van der Waals surface area contributed by atoms with Gasteiger partial charge >= 0.3 is 6.18 Å². The van der Waals surface area contributed by atoms with Crippen LogP contribution in [0.25, 0.3) is 6.08 Å². The van der Waals surface area contributed by atoms with Gasteiger partial charge in [-0.1, -0.05) is 37.3 Å². The topological polar surface area (TPSA) is 51.4 Å². The minimum atomic E-state index is -4.40. The van der Waals surface area contributed by atoms with Crippen LogP contribution < -0.4 is 14.9 Å². The molecule has 1 aliphatic heterocycles. The number of halogens is 3. The Morgan fingerprint density at radius 1 is 1.21 bits per heavy atom. The SMILES string of the molecule is CC(C)[C@@H]1N=c2s/c(=C/c3ccc(C(F)(F)F)cc3)c(=O)n2C1=O. The number of rotatable bonds is 2. The van der Waals surface area contributed by atoms with Crippen LogP contribution in [0.2, 0.25) is 0 Å². The average Bonchev–Trinajstić information content (AvgIpc) is 2.97. The van der Waals surface area contributed by atoms with Crippen LogP contribution in [0.5, 0.6) is 0 Å². The molecule has 0 radical (unpaired) electrons. The van der Waals surface area contributed by atoms with Crippen LogP contribution in [0.3, 0.4) is 0 Å². The molecular weight excluding hydrogens is 341 g/mol. The fraction of sp³-hybridized carbons (Fsp3) is 0.312. The van der Waals surface area contributed by atoms with E-state index in [0.29, 0.717) is 10.4 Å². The Morgan fingerprint density at radius 2 is 1.83 bits per heavy atom. The van der Waals surface area contributed by atoms with Crippen LogP contribution in [0.15, 0.2) is 34.1 Å². The molecule has 0 N–H and O–H groups in total. The second kappa shape index (κ2) is 5.70.